The van der Waals surface area contributed by atoms with Gasteiger partial charge in [-0.25, -0.2) is 4.79 Å². The molecule has 0 unspecified atom stereocenters. The highest BCUT2D eigenvalue weighted by Gasteiger charge is 2.32. The number of hydrogen-bond donors (Lipinski definition) is 3. The number of carbonyl (C=O) groups is 2. The van der Waals surface area contributed by atoms with Gasteiger partial charge in [-0.2, -0.15) is 0 Å². The number of anilines is 1. The molecular formula is C21H24ClN3O5. The number of carboxylic acid groups (broad SMARTS) is 1. The van der Waals surface area contributed by atoms with Crippen molar-refractivity contribution in [2.24, 2.45) is 0 Å². The van der Waals surface area contributed by atoms with Crippen LogP contribution in [0.4, 0.5) is 10.5 Å². The number of amides is 2. The van der Waals surface area contributed by atoms with Gasteiger partial charge in [-0.15, -0.1) is 0 Å². The van der Waals surface area contributed by atoms with Gasteiger partial charge in [-0.3, -0.25) is 14.9 Å². The first-order valence-corrected chi connectivity index (χ1v) is 9.97. The number of H-pyrrole nitrogens is 1. The van der Waals surface area contributed by atoms with Crippen molar-refractivity contribution in [3.05, 3.63) is 55.5 Å². The molecule has 1 aromatic carbocycles. The van der Waals surface area contributed by atoms with Crippen LogP contribution in [0, 0.1) is 13.8 Å². The molecule has 3 rings (SSSR count). The van der Waals surface area contributed by atoms with E-state index in [2.05, 4.69) is 10.3 Å². The molecule has 1 aromatic heterocycles. The van der Waals surface area contributed by atoms with Crippen molar-refractivity contribution >= 4 is 29.3 Å². The van der Waals surface area contributed by atoms with Crippen molar-refractivity contribution in [3.8, 4) is 5.75 Å². The summed E-state index contributed by atoms with van der Waals surface area (Å²) in [6.45, 7) is 7.70. The second kappa shape index (κ2) is 8.39. The van der Waals surface area contributed by atoms with Gasteiger partial charge in [0, 0.05) is 23.9 Å². The number of aromatic amines is 1. The summed E-state index contributed by atoms with van der Waals surface area (Å²) in [5, 5.41) is 11.7. The summed E-state index contributed by atoms with van der Waals surface area (Å²) in [5.41, 5.74) is 2.81. The zero-order valence-corrected chi connectivity index (χ0v) is 18.0. The Labute approximate surface area is 178 Å². The summed E-state index contributed by atoms with van der Waals surface area (Å²) < 4.78 is 5.70. The predicted molar refractivity (Wildman–Crippen MR) is 114 cm³/mol. The van der Waals surface area contributed by atoms with Crippen molar-refractivity contribution < 1.29 is 19.4 Å². The van der Waals surface area contributed by atoms with Crippen LogP contribution < -0.4 is 15.6 Å². The van der Waals surface area contributed by atoms with Crippen molar-refractivity contribution in [1.82, 2.24) is 9.88 Å². The average molecular weight is 434 g/mol. The van der Waals surface area contributed by atoms with Crippen LogP contribution in [-0.2, 0) is 13.0 Å². The average Bonchev–Trinajstić information content (AvgIpc) is 2.62. The molecule has 9 heteroatoms. The van der Waals surface area contributed by atoms with Crippen LogP contribution in [0.5, 0.6) is 5.75 Å². The predicted octanol–water partition coefficient (Wildman–Crippen LogP) is 3.72. The van der Waals surface area contributed by atoms with Gasteiger partial charge in [-0.05, 0) is 51.3 Å². The number of hydrogen-bond acceptors (Lipinski definition) is 4. The van der Waals surface area contributed by atoms with Crippen LogP contribution in [0.2, 0.25) is 5.02 Å². The molecule has 0 atom stereocenters. The van der Waals surface area contributed by atoms with Crippen LogP contribution in [0.15, 0.2) is 16.9 Å². The molecule has 1 aliphatic heterocycles. The van der Waals surface area contributed by atoms with E-state index in [1.54, 1.807) is 25.7 Å². The van der Waals surface area contributed by atoms with Crippen LogP contribution in [0.25, 0.3) is 0 Å². The fourth-order valence-corrected chi connectivity index (χ4v) is 3.94. The molecule has 8 nitrogen and oxygen atoms in total. The maximum atomic E-state index is 13.3. The van der Waals surface area contributed by atoms with Crippen LogP contribution >= 0.6 is 11.6 Å². The van der Waals surface area contributed by atoms with Gasteiger partial charge in [0.15, 0.2) is 0 Å². The van der Waals surface area contributed by atoms with Gasteiger partial charge in [0.25, 0.3) is 11.5 Å². The summed E-state index contributed by atoms with van der Waals surface area (Å²) in [5.74, 6) is -0.142. The lowest BCUT2D eigenvalue weighted by Gasteiger charge is -2.31. The minimum absolute atomic E-state index is 0.132. The third-order valence-corrected chi connectivity index (χ3v) is 5.29. The van der Waals surface area contributed by atoms with Gasteiger partial charge in [-0.1, -0.05) is 11.6 Å². The first-order chi connectivity index (χ1) is 14.1. The van der Waals surface area contributed by atoms with Gasteiger partial charge in [0.1, 0.15) is 5.75 Å². The smallest absolute Gasteiger partial charge is 0.409 e. The number of carbonyl (C=O) groups excluding carboxylic acids is 1. The molecule has 3 N–H and O–H groups in total. The van der Waals surface area contributed by atoms with E-state index in [4.69, 9.17) is 16.3 Å². The lowest BCUT2D eigenvalue weighted by molar-refractivity contribution is 0.0725. The van der Waals surface area contributed by atoms with Gasteiger partial charge < -0.3 is 19.7 Å². The van der Waals surface area contributed by atoms with Crippen molar-refractivity contribution in [3.63, 3.8) is 0 Å². The number of benzene rings is 1. The number of ether oxygens (including phenoxy) is 1. The van der Waals surface area contributed by atoms with E-state index in [9.17, 15) is 19.5 Å². The molecule has 0 fully saturated rings. The molecule has 160 valence electrons. The monoisotopic (exact) mass is 433 g/mol. The zero-order chi connectivity index (χ0) is 22.2. The Morgan fingerprint density at radius 2 is 2.03 bits per heavy atom. The number of nitrogens with one attached hydrogen (secondary N) is 2. The molecule has 2 amide bonds. The molecule has 0 radical (unpaired) electrons. The number of fused-ring (bicyclic) bond motifs is 1. The second-order valence-electron chi connectivity index (χ2n) is 7.61. The van der Waals surface area contributed by atoms with Crippen LogP contribution in [-0.4, -0.2) is 39.6 Å². The Morgan fingerprint density at radius 1 is 1.33 bits per heavy atom. The Kier molecular flexibility index (Phi) is 6.07. The quantitative estimate of drug-likeness (QED) is 0.665. The number of pyridine rings is 1. The highest BCUT2D eigenvalue weighted by Crippen LogP contribution is 2.40. The standard InChI is InChI=1S/C21H24ClN3O5/c1-10(2)30-16-8-15(24-21(28)29)13-5-6-25(20(27)17(13)18(16)22)9-14-11(3)7-12(4)23-19(14)26/h7-8,10,24H,5-6,9H2,1-4H3,(H,23,26)(H,28,29). The van der Waals surface area contributed by atoms with Crippen LogP contribution in [0.3, 0.4) is 0 Å². The molecule has 0 aliphatic carbocycles. The van der Waals surface area contributed by atoms with E-state index in [0.29, 0.717) is 24.1 Å². The van der Waals surface area contributed by atoms with Gasteiger partial charge in [0.05, 0.1) is 28.9 Å². The summed E-state index contributed by atoms with van der Waals surface area (Å²) in [6.07, 6.45) is -1.07. The largest absolute Gasteiger partial charge is 0.489 e. The molecule has 0 saturated heterocycles. The number of aromatic nitrogens is 1. The molecule has 2 heterocycles. The molecule has 0 saturated carbocycles. The Bertz CT molecular complexity index is 1080. The van der Waals surface area contributed by atoms with Crippen molar-refractivity contribution in [2.45, 2.75) is 46.8 Å². The summed E-state index contributed by atoms with van der Waals surface area (Å²) in [4.78, 5) is 41.2. The maximum Gasteiger partial charge on any atom is 0.409 e. The lowest BCUT2D eigenvalue weighted by atomic mass is 9.95. The van der Waals surface area contributed by atoms with E-state index >= 15 is 0 Å². The fraction of sp³-hybridized carbons (Fsp3) is 0.381. The van der Waals surface area contributed by atoms with Crippen LogP contribution in [0.1, 0.15) is 46.6 Å². The topological polar surface area (TPSA) is 112 Å². The number of halogens is 1. The van der Waals surface area contributed by atoms with Gasteiger partial charge in [0.2, 0.25) is 0 Å². The lowest BCUT2D eigenvalue weighted by Crippen LogP contribution is -2.39. The van der Waals surface area contributed by atoms with Gasteiger partial charge >= 0.3 is 6.09 Å². The number of rotatable bonds is 5. The first-order valence-electron chi connectivity index (χ1n) is 9.59. The van der Waals surface area contributed by atoms with E-state index in [1.165, 1.54) is 6.07 Å². The fourth-order valence-electron chi connectivity index (χ4n) is 3.65. The zero-order valence-electron chi connectivity index (χ0n) is 17.3. The minimum atomic E-state index is -1.24. The Morgan fingerprint density at radius 3 is 2.63 bits per heavy atom. The first kappa shape index (κ1) is 21.7. The highest BCUT2D eigenvalue weighted by molar-refractivity contribution is 6.36. The Balaban J connectivity index is 2.04. The summed E-state index contributed by atoms with van der Waals surface area (Å²) >= 11 is 6.51. The highest BCUT2D eigenvalue weighted by atomic mass is 35.5. The molecule has 2 aromatic rings. The SMILES string of the molecule is Cc1cc(C)c(CN2CCc3c(NC(=O)O)cc(OC(C)C)c(Cl)c3C2=O)c(=O)[nH]1. The third-order valence-electron chi connectivity index (χ3n) is 4.92. The van der Waals surface area contributed by atoms with E-state index < -0.39 is 6.09 Å². The van der Waals surface area contributed by atoms with Crippen molar-refractivity contribution in [2.75, 3.05) is 11.9 Å². The molecule has 1 aliphatic rings. The molecule has 0 bridgehead atoms. The van der Waals surface area contributed by atoms with E-state index in [0.717, 1.165) is 11.3 Å². The van der Waals surface area contributed by atoms with E-state index in [-0.39, 0.29) is 46.1 Å². The second-order valence-corrected chi connectivity index (χ2v) is 7.98. The Hall–Kier alpha value is -3.00. The minimum Gasteiger partial charge on any atom is -0.489 e. The van der Waals surface area contributed by atoms with E-state index in [1.807, 2.05) is 13.0 Å². The molecule has 30 heavy (non-hydrogen) atoms. The molecular weight excluding hydrogens is 410 g/mol. The summed E-state index contributed by atoms with van der Waals surface area (Å²) in [7, 11) is 0. The normalized spacial score (nSPS) is 13.4. The van der Waals surface area contributed by atoms with Crippen molar-refractivity contribution in [1.29, 1.82) is 0 Å². The maximum absolute atomic E-state index is 13.3. The summed E-state index contributed by atoms with van der Waals surface area (Å²) in [6, 6.07) is 3.36. The number of aryl methyl sites for hydroxylation is 2. The third kappa shape index (κ3) is 4.28. The number of nitrogens with zero attached hydrogens (tertiary/aromatic N) is 1. The molecule has 0 spiro atoms.